The van der Waals surface area contributed by atoms with Crippen LogP contribution in [0.2, 0.25) is 0 Å². The number of rotatable bonds is 7. The Labute approximate surface area is 161 Å². The normalized spacial score (nSPS) is 10.5. The molecule has 7 nitrogen and oxygen atoms in total. The number of nitrogens with one attached hydrogen (secondary N) is 1. The van der Waals surface area contributed by atoms with Crippen molar-refractivity contribution in [1.82, 2.24) is 4.98 Å². The van der Waals surface area contributed by atoms with Crippen LogP contribution in [0.25, 0.3) is 10.2 Å². The van der Waals surface area contributed by atoms with Gasteiger partial charge in [-0.15, -0.1) is 0 Å². The van der Waals surface area contributed by atoms with Crippen molar-refractivity contribution in [3.05, 3.63) is 36.4 Å². The zero-order valence-electron chi connectivity index (χ0n) is 15.6. The van der Waals surface area contributed by atoms with E-state index >= 15 is 0 Å². The smallest absolute Gasteiger partial charge is 0.244 e. The number of anilines is 2. The molecule has 1 aromatic heterocycles. The summed E-state index contributed by atoms with van der Waals surface area (Å²) in [5.74, 6) is 1.73. The highest BCUT2D eigenvalue weighted by atomic mass is 32.1. The van der Waals surface area contributed by atoms with Crippen LogP contribution in [0.15, 0.2) is 36.4 Å². The first-order chi connectivity index (χ1) is 13.0. The molecule has 2 aromatic carbocycles. The van der Waals surface area contributed by atoms with E-state index in [0.29, 0.717) is 22.9 Å². The minimum absolute atomic E-state index is 0.141. The average Bonchev–Trinajstić information content (AvgIpc) is 3.12. The standard InChI is InChI=1S/C19H21N3O4S/c1-22(19-21-18-15(26-4)6-5-7-16(18)27-19)11-17(23)20-13-10-12(24-2)8-9-14(13)25-3/h5-10H,11H2,1-4H3,(H,20,23). The molecule has 1 heterocycles. The molecule has 0 saturated heterocycles. The number of nitrogens with zero attached hydrogens (tertiary/aromatic N) is 2. The highest BCUT2D eigenvalue weighted by Gasteiger charge is 2.15. The number of carbonyl (C=O) groups excluding carboxylic acids is 1. The van der Waals surface area contributed by atoms with Gasteiger partial charge in [0.2, 0.25) is 5.91 Å². The van der Waals surface area contributed by atoms with E-state index in [4.69, 9.17) is 14.2 Å². The molecule has 27 heavy (non-hydrogen) atoms. The predicted molar refractivity (Wildman–Crippen MR) is 108 cm³/mol. The van der Waals surface area contributed by atoms with Crippen molar-refractivity contribution >= 4 is 38.3 Å². The second-order valence-electron chi connectivity index (χ2n) is 5.77. The van der Waals surface area contributed by atoms with Gasteiger partial charge < -0.3 is 24.4 Å². The van der Waals surface area contributed by atoms with Gasteiger partial charge in [0.15, 0.2) is 5.13 Å². The van der Waals surface area contributed by atoms with Crippen LogP contribution < -0.4 is 24.4 Å². The summed E-state index contributed by atoms with van der Waals surface area (Å²) >= 11 is 1.51. The van der Waals surface area contributed by atoms with Gasteiger partial charge in [-0.05, 0) is 24.3 Å². The zero-order chi connectivity index (χ0) is 19.4. The Balaban J connectivity index is 1.74. The number of benzene rings is 2. The lowest BCUT2D eigenvalue weighted by Gasteiger charge is -2.16. The van der Waals surface area contributed by atoms with Crippen LogP contribution in [0.5, 0.6) is 17.2 Å². The topological polar surface area (TPSA) is 72.9 Å². The molecule has 0 bridgehead atoms. The Morgan fingerprint density at radius 2 is 1.89 bits per heavy atom. The molecule has 0 radical (unpaired) electrons. The van der Waals surface area contributed by atoms with Gasteiger partial charge >= 0.3 is 0 Å². The van der Waals surface area contributed by atoms with E-state index in [1.54, 1.807) is 44.4 Å². The van der Waals surface area contributed by atoms with Crippen molar-refractivity contribution in [2.75, 3.05) is 45.1 Å². The van der Waals surface area contributed by atoms with Gasteiger partial charge in [-0.2, -0.15) is 0 Å². The Bertz CT molecular complexity index is 957. The summed E-state index contributed by atoms with van der Waals surface area (Å²) in [5, 5.41) is 3.60. The molecule has 0 aliphatic rings. The van der Waals surface area contributed by atoms with E-state index in [0.717, 1.165) is 15.3 Å². The number of para-hydroxylation sites is 1. The summed E-state index contributed by atoms with van der Waals surface area (Å²) in [6.07, 6.45) is 0. The third-order valence-electron chi connectivity index (χ3n) is 3.98. The molecular weight excluding hydrogens is 366 g/mol. The van der Waals surface area contributed by atoms with Crippen LogP contribution in [0.3, 0.4) is 0 Å². The molecule has 0 unspecified atom stereocenters. The molecule has 1 amide bonds. The summed E-state index contributed by atoms with van der Waals surface area (Å²) in [6.45, 7) is 0.141. The fourth-order valence-corrected chi connectivity index (χ4v) is 3.57. The van der Waals surface area contributed by atoms with Crippen LogP contribution in [-0.2, 0) is 4.79 Å². The van der Waals surface area contributed by atoms with Crippen molar-refractivity contribution in [3.8, 4) is 17.2 Å². The number of thiazole rings is 1. The van der Waals surface area contributed by atoms with Crippen LogP contribution in [0, 0.1) is 0 Å². The summed E-state index contributed by atoms with van der Waals surface area (Å²) in [6, 6.07) is 11.0. The maximum Gasteiger partial charge on any atom is 0.244 e. The molecular formula is C19H21N3O4S. The van der Waals surface area contributed by atoms with Crippen molar-refractivity contribution in [2.24, 2.45) is 0 Å². The van der Waals surface area contributed by atoms with Gasteiger partial charge in [0.05, 0.1) is 38.3 Å². The van der Waals surface area contributed by atoms with Crippen molar-refractivity contribution < 1.29 is 19.0 Å². The number of hydrogen-bond acceptors (Lipinski definition) is 7. The number of amides is 1. The Morgan fingerprint density at radius 3 is 2.59 bits per heavy atom. The van der Waals surface area contributed by atoms with Crippen LogP contribution in [0.1, 0.15) is 0 Å². The second kappa shape index (κ2) is 8.13. The minimum Gasteiger partial charge on any atom is -0.497 e. The number of aromatic nitrogens is 1. The lowest BCUT2D eigenvalue weighted by atomic mass is 10.2. The van der Waals surface area contributed by atoms with Gasteiger partial charge in [-0.25, -0.2) is 4.98 Å². The summed E-state index contributed by atoms with van der Waals surface area (Å²) < 4.78 is 16.9. The Hall–Kier alpha value is -3.00. The third kappa shape index (κ3) is 4.06. The molecule has 1 N–H and O–H groups in total. The van der Waals surface area contributed by atoms with Crippen LogP contribution in [0.4, 0.5) is 10.8 Å². The quantitative estimate of drug-likeness (QED) is 0.670. The maximum atomic E-state index is 12.5. The number of fused-ring (bicyclic) bond motifs is 1. The molecule has 3 rings (SSSR count). The summed E-state index contributed by atoms with van der Waals surface area (Å²) in [5.41, 5.74) is 1.35. The van der Waals surface area contributed by atoms with E-state index in [9.17, 15) is 4.79 Å². The van der Waals surface area contributed by atoms with Crippen LogP contribution in [-0.4, -0.2) is 45.8 Å². The van der Waals surface area contributed by atoms with Gasteiger partial charge in [-0.3, -0.25) is 4.79 Å². The molecule has 0 fully saturated rings. The molecule has 0 saturated carbocycles. The summed E-state index contributed by atoms with van der Waals surface area (Å²) in [4.78, 5) is 18.9. The van der Waals surface area contributed by atoms with Crippen molar-refractivity contribution in [1.29, 1.82) is 0 Å². The van der Waals surface area contributed by atoms with E-state index < -0.39 is 0 Å². The highest BCUT2D eigenvalue weighted by Crippen LogP contribution is 2.33. The highest BCUT2D eigenvalue weighted by molar-refractivity contribution is 7.22. The summed E-state index contributed by atoms with van der Waals surface area (Å²) in [7, 11) is 6.57. The SMILES string of the molecule is COc1ccc(OC)c(NC(=O)CN(C)c2nc3c(OC)cccc3s2)c1. The number of ether oxygens (including phenoxy) is 3. The largest absolute Gasteiger partial charge is 0.497 e. The lowest BCUT2D eigenvalue weighted by molar-refractivity contribution is -0.114. The predicted octanol–water partition coefficient (Wildman–Crippen LogP) is 3.40. The zero-order valence-corrected chi connectivity index (χ0v) is 16.4. The second-order valence-corrected chi connectivity index (χ2v) is 6.78. The third-order valence-corrected chi connectivity index (χ3v) is 5.11. The number of likely N-dealkylation sites (N-methyl/N-ethyl adjacent to an activating group) is 1. The van der Waals surface area contributed by atoms with E-state index in [1.807, 2.05) is 25.2 Å². The molecule has 0 aliphatic carbocycles. The van der Waals surface area contributed by atoms with E-state index in [1.165, 1.54) is 11.3 Å². The fraction of sp³-hybridized carbons (Fsp3) is 0.263. The first kappa shape index (κ1) is 18.8. The van der Waals surface area contributed by atoms with Gasteiger partial charge in [0.25, 0.3) is 0 Å². The van der Waals surface area contributed by atoms with Gasteiger partial charge in [0, 0.05) is 13.1 Å². The van der Waals surface area contributed by atoms with E-state index in [2.05, 4.69) is 10.3 Å². The molecule has 3 aromatic rings. The number of methoxy groups -OCH3 is 3. The van der Waals surface area contributed by atoms with E-state index in [-0.39, 0.29) is 12.5 Å². The monoisotopic (exact) mass is 387 g/mol. The van der Waals surface area contributed by atoms with Crippen molar-refractivity contribution in [2.45, 2.75) is 0 Å². The fourth-order valence-electron chi connectivity index (χ4n) is 2.62. The molecule has 0 spiro atoms. The van der Waals surface area contributed by atoms with Crippen LogP contribution >= 0.6 is 11.3 Å². The maximum absolute atomic E-state index is 12.5. The molecule has 142 valence electrons. The first-order valence-corrected chi connectivity index (χ1v) is 9.04. The molecule has 8 heteroatoms. The minimum atomic E-state index is -0.185. The molecule has 0 atom stereocenters. The first-order valence-electron chi connectivity index (χ1n) is 8.22. The average molecular weight is 387 g/mol. The Morgan fingerprint density at radius 1 is 1.11 bits per heavy atom. The Kier molecular flexibility index (Phi) is 5.66. The molecule has 0 aliphatic heterocycles. The lowest BCUT2D eigenvalue weighted by Crippen LogP contribution is -2.30. The number of hydrogen-bond donors (Lipinski definition) is 1. The van der Waals surface area contributed by atoms with Gasteiger partial charge in [-0.1, -0.05) is 17.4 Å². The van der Waals surface area contributed by atoms with Crippen molar-refractivity contribution in [3.63, 3.8) is 0 Å². The van der Waals surface area contributed by atoms with Gasteiger partial charge in [0.1, 0.15) is 22.8 Å². The number of carbonyl (C=O) groups is 1.